The smallest absolute Gasteiger partial charge is 0.268 e. The van der Waals surface area contributed by atoms with Crippen LogP contribution < -0.4 is 5.32 Å². The average Bonchev–Trinajstić information content (AvgIpc) is 3.17. The third-order valence-corrected chi connectivity index (χ3v) is 3.60. The zero-order valence-electron chi connectivity index (χ0n) is 11.2. The third kappa shape index (κ3) is 3.81. The molecule has 6 heteroatoms. The van der Waals surface area contributed by atoms with Gasteiger partial charge in [-0.15, -0.1) is 0 Å². The number of hydrogen-bond acceptors (Lipinski definition) is 3. The van der Waals surface area contributed by atoms with Crippen LogP contribution in [0.5, 0.6) is 0 Å². The molecule has 2 rings (SSSR count). The highest BCUT2D eigenvalue weighted by atomic mass is 79.9. The topological polar surface area (TPSA) is 52.5 Å². The molecule has 106 valence electrons. The Morgan fingerprint density at radius 1 is 1.58 bits per heavy atom. The first-order valence-corrected chi connectivity index (χ1v) is 7.12. The van der Waals surface area contributed by atoms with Gasteiger partial charge in [0.25, 0.3) is 5.91 Å². The van der Waals surface area contributed by atoms with E-state index in [0.717, 1.165) is 17.3 Å². The molecule has 0 spiro atoms. The van der Waals surface area contributed by atoms with Crippen molar-refractivity contribution in [2.24, 2.45) is 0 Å². The summed E-state index contributed by atoms with van der Waals surface area (Å²) in [5.74, 6) is -0.0734. The zero-order chi connectivity index (χ0) is 13.8. The number of halogens is 1. The van der Waals surface area contributed by atoms with Gasteiger partial charge < -0.3 is 19.4 Å². The summed E-state index contributed by atoms with van der Waals surface area (Å²) in [4.78, 5) is 12.2. The van der Waals surface area contributed by atoms with E-state index in [-0.39, 0.29) is 12.0 Å². The van der Waals surface area contributed by atoms with Crippen molar-refractivity contribution in [2.45, 2.75) is 25.0 Å². The summed E-state index contributed by atoms with van der Waals surface area (Å²) in [5.41, 5.74) is 0.696. The van der Waals surface area contributed by atoms with E-state index in [1.807, 2.05) is 16.8 Å². The summed E-state index contributed by atoms with van der Waals surface area (Å²) >= 11 is 3.42. The molecule has 0 aliphatic heterocycles. The number of hydrogen-bond donors (Lipinski definition) is 1. The van der Waals surface area contributed by atoms with Crippen molar-refractivity contribution in [3.8, 4) is 0 Å². The van der Waals surface area contributed by atoms with E-state index in [9.17, 15) is 4.79 Å². The first-order chi connectivity index (χ1) is 9.15. The Labute approximate surface area is 121 Å². The van der Waals surface area contributed by atoms with Gasteiger partial charge in [-0.2, -0.15) is 0 Å². The van der Waals surface area contributed by atoms with E-state index >= 15 is 0 Å². The fraction of sp³-hybridized carbons (Fsp3) is 0.615. The van der Waals surface area contributed by atoms with Gasteiger partial charge in [-0.3, -0.25) is 4.79 Å². The number of carbonyl (C=O) groups excluding carboxylic acids is 1. The average molecular weight is 331 g/mol. The van der Waals surface area contributed by atoms with Crippen molar-refractivity contribution >= 4 is 21.8 Å². The van der Waals surface area contributed by atoms with E-state index in [1.165, 1.54) is 0 Å². The number of amides is 1. The predicted molar refractivity (Wildman–Crippen MR) is 75.4 cm³/mol. The van der Waals surface area contributed by atoms with Crippen LogP contribution in [0, 0.1) is 0 Å². The molecule has 1 saturated carbocycles. The molecular formula is C13H19BrN2O3. The minimum atomic E-state index is -0.123. The first-order valence-electron chi connectivity index (χ1n) is 6.33. The lowest BCUT2D eigenvalue weighted by atomic mass is 10.3. The fourth-order valence-corrected chi connectivity index (χ4v) is 2.41. The molecule has 1 amide bonds. The molecule has 5 nitrogen and oxygen atoms in total. The van der Waals surface area contributed by atoms with E-state index in [4.69, 9.17) is 9.47 Å². The maximum Gasteiger partial charge on any atom is 0.268 e. The van der Waals surface area contributed by atoms with Gasteiger partial charge in [-0.1, -0.05) is 0 Å². The van der Waals surface area contributed by atoms with Crippen molar-refractivity contribution in [2.75, 3.05) is 27.4 Å². The summed E-state index contributed by atoms with van der Waals surface area (Å²) in [6.07, 6.45) is 4.13. The molecule has 1 N–H and O–H groups in total. The third-order valence-electron chi connectivity index (χ3n) is 3.16. The normalized spacial score (nSPS) is 16.4. The Hall–Kier alpha value is -0.850. The SMILES string of the molecule is COCC(CNC(=O)c1cc(Br)cn1C1CC1)OC. The number of carbonyl (C=O) groups is 1. The first kappa shape index (κ1) is 14.6. The molecule has 1 aromatic heterocycles. The molecule has 1 atom stereocenters. The lowest BCUT2D eigenvalue weighted by molar-refractivity contribution is 0.0284. The number of nitrogens with one attached hydrogen (secondary N) is 1. The molecule has 0 radical (unpaired) electrons. The van der Waals surface area contributed by atoms with Crippen molar-refractivity contribution in [3.05, 3.63) is 22.4 Å². The molecule has 1 unspecified atom stereocenters. The van der Waals surface area contributed by atoms with Crippen LogP contribution in [0.15, 0.2) is 16.7 Å². The molecule has 1 aromatic rings. The van der Waals surface area contributed by atoms with Crippen LogP contribution in [-0.2, 0) is 9.47 Å². The van der Waals surface area contributed by atoms with Gasteiger partial charge in [0.1, 0.15) is 5.69 Å². The molecule has 0 bridgehead atoms. The Bertz CT molecular complexity index is 443. The van der Waals surface area contributed by atoms with Gasteiger partial charge in [0, 0.05) is 37.5 Å². The number of nitrogens with zero attached hydrogens (tertiary/aromatic N) is 1. The number of methoxy groups -OCH3 is 2. The monoisotopic (exact) mass is 330 g/mol. The van der Waals surface area contributed by atoms with Gasteiger partial charge in [0.15, 0.2) is 0 Å². The van der Waals surface area contributed by atoms with Gasteiger partial charge in [-0.25, -0.2) is 0 Å². The Morgan fingerprint density at radius 3 is 2.89 bits per heavy atom. The second-order valence-corrected chi connectivity index (χ2v) is 5.62. The highest BCUT2D eigenvalue weighted by Gasteiger charge is 2.27. The highest BCUT2D eigenvalue weighted by Crippen LogP contribution is 2.37. The van der Waals surface area contributed by atoms with Crippen LogP contribution in [0.4, 0.5) is 0 Å². The quantitative estimate of drug-likeness (QED) is 0.831. The second kappa shape index (κ2) is 6.54. The van der Waals surface area contributed by atoms with E-state index in [0.29, 0.717) is 24.9 Å². The minimum Gasteiger partial charge on any atom is -0.382 e. The van der Waals surface area contributed by atoms with Crippen LogP contribution in [0.25, 0.3) is 0 Å². The van der Waals surface area contributed by atoms with Crippen molar-refractivity contribution in [3.63, 3.8) is 0 Å². The van der Waals surface area contributed by atoms with Gasteiger partial charge in [0.2, 0.25) is 0 Å². The van der Waals surface area contributed by atoms with E-state index in [2.05, 4.69) is 21.2 Å². The number of aromatic nitrogens is 1. The molecule has 1 aliphatic carbocycles. The Kier molecular flexibility index (Phi) is 5.01. The fourth-order valence-electron chi connectivity index (χ4n) is 1.98. The highest BCUT2D eigenvalue weighted by molar-refractivity contribution is 9.10. The molecule has 1 aliphatic rings. The summed E-state index contributed by atoms with van der Waals surface area (Å²) in [6, 6.07) is 2.33. The maximum atomic E-state index is 12.2. The summed E-state index contributed by atoms with van der Waals surface area (Å²) in [6.45, 7) is 0.904. The van der Waals surface area contributed by atoms with Crippen LogP contribution in [0.2, 0.25) is 0 Å². The lowest BCUT2D eigenvalue weighted by Gasteiger charge is -2.15. The van der Waals surface area contributed by atoms with Crippen molar-refractivity contribution in [1.29, 1.82) is 0 Å². The zero-order valence-corrected chi connectivity index (χ0v) is 12.8. The number of ether oxygens (including phenoxy) is 2. The lowest BCUT2D eigenvalue weighted by Crippen LogP contribution is -2.36. The van der Waals surface area contributed by atoms with Gasteiger partial charge in [-0.05, 0) is 34.8 Å². The Balaban J connectivity index is 1.95. The maximum absolute atomic E-state index is 12.2. The largest absolute Gasteiger partial charge is 0.382 e. The molecule has 0 aromatic carbocycles. The summed E-state index contributed by atoms with van der Waals surface area (Å²) in [5, 5.41) is 2.89. The molecule has 1 fully saturated rings. The Morgan fingerprint density at radius 2 is 2.32 bits per heavy atom. The van der Waals surface area contributed by atoms with Crippen molar-refractivity contribution in [1.82, 2.24) is 9.88 Å². The van der Waals surface area contributed by atoms with Gasteiger partial charge >= 0.3 is 0 Å². The summed E-state index contributed by atoms with van der Waals surface area (Å²) < 4.78 is 13.2. The van der Waals surface area contributed by atoms with E-state index in [1.54, 1.807) is 14.2 Å². The summed E-state index contributed by atoms with van der Waals surface area (Å²) in [7, 11) is 3.22. The molecule has 0 saturated heterocycles. The van der Waals surface area contributed by atoms with Crippen LogP contribution in [-0.4, -0.2) is 43.9 Å². The van der Waals surface area contributed by atoms with Crippen LogP contribution in [0.1, 0.15) is 29.4 Å². The predicted octanol–water partition coefficient (Wildman–Crippen LogP) is 1.98. The van der Waals surface area contributed by atoms with Crippen LogP contribution in [0.3, 0.4) is 0 Å². The minimum absolute atomic E-state index is 0.0734. The standard InChI is InChI=1S/C13H19BrN2O3/c1-18-8-11(19-2)6-15-13(17)12-5-9(14)7-16(12)10-3-4-10/h5,7,10-11H,3-4,6,8H2,1-2H3,(H,15,17). The van der Waals surface area contributed by atoms with Crippen LogP contribution >= 0.6 is 15.9 Å². The second-order valence-electron chi connectivity index (χ2n) is 4.71. The van der Waals surface area contributed by atoms with Gasteiger partial charge in [0.05, 0.1) is 12.7 Å². The van der Waals surface area contributed by atoms with E-state index < -0.39 is 0 Å². The van der Waals surface area contributed by atoms with Crippen molar-refractivity contribution < 1.29 is 14.3 Å². The molecular weight excluding hydrogens is 312 g/mol. The number of rotatable bonds is 7. The molecule has 1 heterocycles. The molecule has 19 heavy (non-hydrogen) atoms.